The third kappa shape index (κ3) is 5.51. The molecular formula is C47H31N3. The van der Waals surface area contributed by atoms with Gasteiger partial charge in [-0.05, 0) is 45.8 Å². The van der Waals surface area contributed by atoms with Crippen LogP contribution in [0.4, 0.5) is 0 Å². The van der Waals surface area contributed by atoms with E-state index in [1.807, 2.05) is 42.5 Å². The molecule has 0 aliphatic rings. The summed E-state index contributed by atoms with van der Waals surface area (Å²) in [6.07, 6.45) is 0. The fourth-order valence-corrected chi connectivity index (χ4v) is 6.79. The second-order valence-corrected chi connectivity index (χ2v) is 12.4. The highest BCUT2D eigenvalue weighted by atomic mass is 14.9. The van der Waals surface area contributed by atoms with E-state index in [-0.39, 0.29) is 0 Å². The minimum Gasteiger partial charge on any atom is -0.247 e. The molecular weight excluding hydrogens is 607 g/mol. The number of pyridine rings is 1. The molecule has 2 heterocycles. The molecule has 0 fully saturated rings. The van der Waals surface area contributed by atoms with Gasteiger partial charge in [0.2, 0.25) is 0 Å². The summed E-state index contributed by atoms with van der Waals surface area (Å²) in [5, 5.41) is 3.44. The number of rotatable bonds is 6. The first-order chi connectivity index (χ1) is 24.8. The molecule has 0 atom stereocenters. The Kier molecular flexibility index (Phi) is 7.49. The van der Waals surface area contributed by atoms with E-state index in [0.717, 1.165) is 66.8 Å². The molecule has 0 saturated heterocycles. The molecule has 0 aliphatic carbocycles. The van der Waals surface area contributed by atoms with E-state index in [0.29, 0.717) is 5.82 Å². The van der Waals surface area contributed by atoms with Crippen LogP contribution in [0.1, 0.15) is 0 Å². The van der Waals surface area contributed by atoms with E-state index >= 15 is 0 Å². The van der Waals surface area contributed by atoms with E-state index in [4.69, 9.17) is 15.0 Å². The van der Waals surface area contributed by atoms with Crippen LogP contribution in [-0.2, 0) is 0 Å². The van der Waals surface area contributed by atoms with E-state index in [1.165, 1.54) is 16.5 Å². The van der Waals surface area contributed by atoms with Gasteiger partial charge in [0.1, 0.15) is 0 Å². The van der Waals surface area contributed by atoms with E-state index in [1.54, 1.807) is 0 Å². The number of aromatic nitrogens is 3. The van der Waals surface area contributed by atoms with Gasteiger partial charge in [0, 0.05) is 33.0 Å². The van der Waals surface area contributed by atoms with E-state index < -0.39 is 0 Å². The van der Waals surface area contributed by atoms with Gasteiger partial charge in [0.25, 0.3) is 0 Å². The molecule has 0 saturated carbocycles. The molecule has 0 spiro atoms. The van der Waals surface area contributed by atoms with Crippen LogP contribution in [0.15, 0.2) is 188 Å². The van der Waals surface area contributed by atoms with Crippen molar-refractivity contribution in [3.8, 4) is 67.4 Å². The van der Waals surface area contributed by atoms with Crippen LogP contribution in [0.25, 0.3) is 89.1 Å². The van der Waals surface area contributed by atoms with Crippen molar-refractivity contribution < 1.29 is 0 Å². The second kappa shape index (κ2) is 12.7. The summed E-state index contributed by atoms with van der Waals surface area (Å²) in [6.45, 7) is 0. The van der Waals surface area contributed by atoms with Crippen LogP contribution in [0.5, 0.6) is 0 Å². The first-order valence-electron chi connectivity index (χ1n) is 16.9. The highest BCUT2D eigenvalue weighted by molar-refractivity contribution is 6.16. The number of hydrogen-bond donors (Lipinski definition) is 0. The van der Waals surface area contributed by atoms with Gasteiger partial charge in [0.05, 0.1) is 22.6 Å². The molecule has 234 valence electrons. The molecule has 9 aromatic rings. The largest absolute Gasteiger partial charge is 0.247 e. The SMILES string of the molecule is c1ccc(-c2cc(-c3ccccc3)nc(-c3ccc(-c4cc(-c5ccccc5)nc5c4cc(-c4ccccc4)c4ccccc45)cc3)n2)cc1. The summed E-state index contributed by atoms with van der Waals surface area (Å²) < 4.78 is 0. The zero-order valence-electron chi connectivity index (χ0n) is 27.2. The molecule has 50 heavy (non-hydrogen) atoms. The fraction of sp³-hybridized carbons (Fsp3) is 0. The van der Waals surface area contributed by atoms with Crippen molar-refractivity contribution in [2.24, 2.45) is 0 Å². The van der Waals surface area contributed by atoms with Crippen molar-refractivity contribution >= 4 is 21.7 Å². The lowest BCUT2D eigenvalue weighted by Gasteiger charge is -2.16. The average Bonchev–Trinajstić information content (AvgIpc) is 3.21. The molecule has 0 unspecified atom stereocenters. The van der Waals surface area contributed by atoms with Crippen LogP contribution in [0.2, 0.25) is 0 Å². The molecule has 9 rings (SSSR count). The molecule has 0 amide bonds. The summed E-state index contributed by atoms with van der Waals surface area (Å²) in [5.74, 6) is 0.693. The summed E-state index contributed by atoms with van der Waals surface area (Å²) in [6, 6.07) is 65.6. The monoisotopic (exact) mass is 637 g/mol. The summed E-state index contributed by atoms with van der Waals surface area (Å²) >= 11 is 0. The minimum absolute atomic E-state index is 0.693. The van der Waals surface area contributed by atoms with Crippen molar-refractivity contribution in [1.29, 1.82) is 0 Å². The van der Waals surface area contributed by atoms with Crippen molar-refractivity contribution in [1.82, 2.24) is 15.0 Å². The van der Waals surface area contributed by atoms with Gasteiger partial charge in [-0.1, -0.05) is 170 Å². The summed E-state index contributed by atoms with van der Waals surface area (Å²) in [5.41, 5.74) is 12.5. The number of fused-ring (bicyclic) bond motifs is 3. The summed E-state index contributed by atoms with van der Waals surface area (Å²) in [7, 11) is 0. The molecule has 0 N–H and O–H groups in total. The van der Waals surface area contributed by atoms with Gasteiger partial charge in [0.15, 0.2) is 5.82 Å². The molecule has 7 aromatic carbocycles. The smallest absolute Gasteiger partial charge is 0.160 e. The molecule has 0 bridgehead atoms. The van der Waals surface area contributed by atoms with Gasteiger partial charge >= 0.3 is 0 Å². The van der Waals surface area contributed by atoms with Crippen molar-refractivity contribution in [2.75, 3.05) is 0 Å². The highest BCUT2D eigenvalue weighted by Crippen LogP contribution is 2.40. The maximum absolute atomic E-state index is 5.32. The van der Waals surface area contributed by atoms with Crippen molar-refractivity contribution in [2.45, 2.75) is 0 Å². The minimum atomic E-state index is 0.693. The lowest BCUT2D eigenvalue weighted by molar-refractivity contribution is 1.18. The fourth-order valence-electron chi connectivity index (χ4n) is 6.79. The van der Waals surface area contributed by atoms with Gasteiger partial charge in [-0.2, -0.15) is 0 Å². The maximum atomic E-state index is 5.32. The van der Waals surface area contributed by atoms with Crippen molar-refractivity contribution in [3.63, 3.8) is 0 Å². The number of nitrogens with zero attached hydrogens (tertiary/aromatic N) is 3. The third-order valence-electron chi connectivity index (χ3n) is 9.29. The van der Waals surface area contributed by atoms with E-state index in [9.17, 15) is 0 Å². The molecule has 2 aromatic heterocycles. The Balaban J connectivity index is 1.23. The zero-order valence-corrected chi connectivity index (χ0v) is 27.2. The highest BCUT2D eigenvalue weighted by Gasteiger charge is 2.17. The predicted molar refractivity (Wildman–Crippen MR) is 207 cm³/mol. The number of benzene rings is 7. The quantitative estimate of drug-likeness (QED) is 0.170. The average molecular weight is 638 g/mol. The Labute approximate surface area is 291 Å². The molecule has 0 radical (unpaired) electrons. The van der Waals surface area contributed by atoms with Crippen LogP contribution >= 0.6 is 0 Å². The topological polar surface area (TPSA) is 38.7 Å². The summed E-state index contributed by atoms with van der Waals surface area (Å²) in [4.78, 5) is 15.4. The zero-order chi connectivity index (χ0) is 33.3. The molecule has 3 heteroatoms. The van der Waals surface area contributed by atoms with Crippen LogP contribution < -0.4 is 0 Å². The Morgan fingerprint density at radius 3 is 1.20 bits per heavy atom. The third-order valence-corrected chi connectivity index (χ3v) is 9.29. The van der Waals surface area contributed by atoms with Gasteiger partial charge in [-0.15, -0.1) is 0 Å². The first-order valence-corrected chi connectivity index (χ1v) is 16.9. The Hall–Kier alpha value is -6.71. The maximum Gasteiger partial charge on any atom is 0.160 e. The number of hydrogen-bond acceptors (Lipinski definition) is 3. The van der Waals surface area contributed by atoms with Crippen molar-refractivity contribution in [3.05, 3.63) is 188 Å². The Morgan fingerprint density at radius 2 is 0.660 bits per heavy atom. The predicted octanol–water partition coefficient (Wildman–Crippen LogP) is 12.2. The van der Waals surface area contributed by atoms with Gasteiger partial charge < -0.3 is 0 Å². The van der Waals surface area contributed by atoms with E-state index in [2.05, 4.69) is 146 Å². The normalized spacial score (nSPS) is 11.2. The molecule has 0 aliphatic heterocycles. The molecule has 3 nitrogen and oxygen atoms in total. The Morgan fingerprint density at radius 1 is 0.260 bits per heavy atom. The second-order valence-electron chi connectivity index (χ2n) is 12.4. The van der Waals surface area contributed by atoms with Gasteiger partial charge in [-0.25, -0.2) is 15.0 Å². The Bertz CT molecular complexity index is 2540. The lowest BCUT2D eigenvalue weighted by Crippen LogP contribution is -1.96. The van der Waals surface area contributed by atoms with Crippen LogP contribution in [0, 0.1) is 0 Å². The standard InChI is InChI=1S/C47H31N3/c1-5-15-32(16-6-1)40-29-42-41(30-43(34-17-7-2-8-18-34)48-46(42)39-24-14-13-23-38(39)40)33-25-27-37(28-26-33)47-49-44(35-19-9-3-10-20-35)31-45(50-47)36-21-11-4-12-22-36/h1-31H. The van der Waals surface area contributed by atoms with Crippen LogP contribution in [0.3, 0.4) is 0 Å². The van der Waals surface area contributed by atoms with Crippen LogP contribution in [-0.4, -0.2) is 15.0 Å². The first kappa shape index (κ1) is 29.4. The van der Waals surface area contributed by atoms with Gasteiger partial charge in [-0.3, -0.25) is 0 Å². The lowest BCUT2D eigenvalue weighted by atomic mass is 9.91.